The molecule has 0 saturated carbocycles. The first-order valence-electron chi connectivity index (χ1n) is 7.06. The number of amides is 1. The van der Waals surface area contributed by atoms with Gasteiger partial charge in [0.25, 0.3) is 5.91 Å². The van der Waals surface area contributed by atoms with Gasteiger partial charge in [0.2, 0.25) is 0 Å². The lowest BCUT2D eigenvalue weighted by molar-refractivity contribution is 0.0694. The van der Waals surface area contributed by atoms with Crippen LogP contribution in [0.4, 0.5) is 0 Å². The van der Waals surface area contributed by atoms with Crippen LogP contribution in [-0.4, -0.2) is 36.0 Å². The fraction of sp³-hybridized carbons (Fsp3) is 0.294. The average Bonchev–Trinajstić information content (AvgIpc) is 2.87. The maximum Gasteiger partial charge on any atom is 0.339 e. The summed E-state index contributed by atoms with van der Waals surface area (Å²) in [6, 6.07) is 6.68. The molecule has 1 heterocycles. The Morgan fingerprint density at radius 1 is 1.22 bits per heavy atom. The van der Waals surface area contributed by atoms with E-state index in [-0.39, 0.29) is 18.0 Å². The number of carboxylic acid groups (broad SMARTS) is 1. The van der Waals surface area contributed by atoms with Gasteiger partial charge in [0.15, 0.2) is 0 Å². The van der Waals surface area contributed by atoms with Crippen LogP contribution in [0.1, 0.15) is 37.8 Å². The van der Waals surface area contributed by atoms with E-state index in [1.54, 1.807) is 39.3 Å². The van der Waals surface area contributed by atoms with E-state index in [1.165, 1.54) is 11.0 Å². The molecular formula is C17H19NO5. The van der Waals surface area contributed by atoms with Crippen LogP contribution in [0, 0.1) is 13.8 Å². The fourth-order valence-corrected chi connectivity index (χ4v) is 2.35. The molecule has 1 aromatic heterocycles. The zero-order valence-corrected chi connectivity index (χ0v) is 13.5. The standard InChI is InChI=1S/C17H19NO5/c1-10-7-12(22-4)5-6-14(10)16(19)18(3)9-13-8-15(17(20)21)11(2)23-13/h5-8H,9H2,1-4H3,(H,20,21). The topological polar surface area (TPSA) is 80.0 Å². The first kappa shape index (κ1) is 16.6. The molecule has 0 bridgehead atoms. The van der Waals surface area contributed by atoms with Gasteiger partial charge >= 0.3 is 5.97 Å². The predicted octanol–water partition coefficient (Wildman–Crippen LogP) is 2.88. The number of aromatic carboxylic acids is 1. The largest absolute Gasteiger partial charge is 0.497 e. The van der Waals surface area contributed by atoms with Crippen molar-refractivity contribution < 1.29 is 23.8 Å². The van der Waals surface area contributed by atoms with Crippen LogP contribution in [0.5, 0.6) is 5.75 Å². The minimum atomic E-state index is -1.04. The lowest BCUT2D eigenvalue weighted by atomic mass is 10.1. The smallest absolute Gasteiger partial charge is 0.339 e. The number of furan rings is 1. The third kappa shape index (κ3) is 3.53. The van der Waals surface area contributed by atoms with Gasteiger partial charge in [-0.15, -0.1) is 0 Å². The highest BCUT2D eigenvalue weighted by Crippen LogP contribution is 2.20. The zero-order chi connectivity index (χ0) is 17.1. The van der Waals surface area contributed by atoms with E-state index in [0.29, 0.717) is 22.8 Å². The summed E-state index contributed by atoms with van der Waals surface area (Å²) >= 11 is 0. The van der Waals surface area contributed by atoms with E-state index in [9.17, 15) is 9.59 Å². The Kier molecular flexibility index (Phi) is 4.74. The molecule has 1 N–H and O–H groups in total. The summed E-state index contributed by atoms with van der Waals surface area (Å²) in [6.45, 7) is 3.62. The highest BCUT2D eigenvalue weighted by molar-refractivity contribution is 5.95. The molecule has 0 spiro atoms. The van der Waals surface area contributed by atoms with Gasteiger partial charge in [-0.3, -0.25) is 4.79 Å². The Balaban J connectivity index is 2.17. The number of nitrogens with zero attached hydrogens (tertiary/aromatic N) is 1. The molecule has 2 rings (SSSR count). The molecular weight excluding hydrogens is 298 g/mol. The summed E-state index contributed by atoms with van der Waals surface area (Å²) in [5, 5.41) is 9.03. The Morgan fingerprint density at radius 2 is 1.91 bits per heavy atom. The number of benzene rings is 1. The molecule has 23 heavy (non-hydrogen) atoms. The first-order chi connectivity index (χ1) is 10.8. The normalized spacial score (nSPS) is 10.4. The number of aryl methyl sites for hydroxylation is 2. The van der Waals surface area contributed by atoms with Crippen LogP contribution in [0.15, 0.2) is 28.7 Å². The summed E-state index contributed by atoms with van der Waals surface area (Å²) in [7, 11) is 3.21. The quantitative estimate of drug-likeness (QED) is 0.917. The molecule has 122 valence electrons. The molecule has 0 aliphatic rings. The second-order valence-corrected chi connectivity index (χ2v) is 5.33. The molecule has 1 amide bonds. The summed E-state index contributed by atoms with van der Waals surface area (Å²) in [5.74, 6) is 0.235. The van der Waals surface area contributed by atoms with Crippen molar-refractivity contribution in [3.05, 3.63) is 52.5 Å². The monoisotopic (exact) mass is 317 g/mol. The first-order valence-corrected chi connectivity index (χ1v) is 7.06. The molecule has 2 aromatic rings. The zero-order valence-electron chi connectivity index (χ0n) is 13.5. The van der Waals surface area contributed by atoms with Crippen molar-refractivity contribution >= 4 is 11.9 Å². The van der Waals surface area contributed by atoms with Gasteiger partial charge in [-0.2, -0.15) is 0 Å². The molecule has 6 nitrogen and oxygen atoms in total. The lowest BCUT2D eigenvalue weighted by Crippen LogP contribution is -2.26. The van der Waals surface area contributed by atoms with Crippen molar-refractivity contribution in [3.63, 3.8) is 0 Å². The number of carbonyl (C=O) groups is 2. The van der Waals surface area contributed by atoms with E-state index in [1.807, 2.05) is 6.92 Å². The number of ether oxygens (including phenoxy) is 1. The second kappa shape index (κ2) is 6.56. The maximum absolute atomic E-state index is 12.5. The van der Waals surface area contributed by atoms with Crippen molar-refractivity contribution in [1.82, 2.24) is 4.90 Å². The fourth-order valence-electron chi connectivity index (χ4n) is 2.35. The van der Waals surface area contributed by atoms with E-state index in [2.05, 4.69) is 0 Å². The molecule has 6 heteroatoms. The highest BCUT2D eigenvalue weighted by Gasteiger charge is 2.19. The Hall–Kier alpha value is -2.76. The lowest BCUT2D eigenvalue weighted by Gasteiger charge is -2.17. The van der Waals surface area contributed by atoms with Gasteiger partial charge in [0.1, 0.15) is 22.8 Å². The SMILES string of the molecule is COc1ccc(C(=O)N(C)Cc2cc(C(=O)O)c(C)o2)c(C)c1. The Labute approximate surface area is 134 Å². The van der Waals surface area contributed by atoms with Crippen molar-refractivity contribution in [2.75, 3.05) is 14.2 Å². The number of rotatable bonds is 5. The molecule has 0 radical (unpaired) electrons. The average molecular weight is 317 g/mol. The number of hydrogen-bond donors (Lipinski definition) is 1. The summed E-state index contributed by atoms with van der Waals surface area (Å²) in [6.07, 6.45) is 0. The van der Waals surface area contributed by atoms with Crippen molar-refractivity contribution in [1.29, 1.82) is 0 Å². The molecule has 1 aromatic carbocycles. The van der Waals surface area contributed by atoms with Crippen molar-refractivity contribution in [2.45, 2.75) is 20.4 Å². The predicted molar refractivity (Wildman–Crippen MR) is 83.9 cm³/mol. The van der Waals surface area contributed by atoms with Gasteiger partial charge in [-0.05, 0) is 43.7 Å². The van der Waals surface area contributed by atoms with Crippen LogP contribution >= 0.6 is 0 Å². The van der Waals surface area contributed by atoms with Crippen LogP contribution in [-0.2, 0) is 6.54 Å². The molecule has 0 saturated heterocycles. The van der Waals surface area contributed by atoms with Gasteiger partial charge in [0, 0.05) is 12.6 Å². The van der Waals surface area contributed by atoms with Gasteiger partial charge in [-0.25, -0.2) is 4.79 Å². The molecule has 0 fully saturated rings. The van der Waals surface area contributed by atoms with E-state index in [0.717, 1.165) is 5.56 Å². The summed E-state index contributed by atoms with van der Waals surface area (Å²) in [5.41, 5.74) is 1.49. The minimum Gasteiger partial charge on any atom is -0.497 e. The van der Waals surface area contributed by atoms with E-state index >= 15 is 0 Å². The minimum absolute atomic E-state index is 0.112. The van der Waals surface area contributed by atoms with Gasteiger partial charge in [0.05, 0.1) is 13.7 Å². The number of carboxylic acids is 1. The van der Waals surface area contributed by atoms with Crippen LogP contribution in [0.3, 0.4) is 0 Å². The summed E-state index contributed by atoms with van der Waals surface area (Å²) in [4.78, 5) is 25.0. The van der Waals surface area contributed by atoms with Gasteiger partial charge < -0.3 is 19.2 Å². The van der Waals surface area contributed by atoms with E-state index in [4.69, 9.17) is 14.3 Å². The Bertz CT molecular complexity index is 747. The van der Waals surface area contributed by atoms with Crippen molar-refractivity contribution in [3.8, 4) is 5.75 Å². The molecule has 0 unspecified atom stereocenters. The van der Waals surface area contributed by atoms with Crippen LogP contribution < -0.4 is 4.74 Å². The second-order valence-electron chi connectivity index (χ2n) is 5.33. The third-order valence-corrected chi connectivity index (χ3v) is 3.60. The van der Waals surface area contributed by atoms with Crippen LogP contribution in [0.2, 0.25) is 0 Å². The molecule has 0 atom stereocenters. The Morgan fingerprint density at radius 3 is 2.43 bits per heavy atom. The summed E-state index contributed by atoms with van der Waals surface area (Å²) < 4.78 is 10.5. The molecule has 0 aliphatic carbocycles. The third-order valence-electron chi connectivity index (χ3n) is 3.60. The molecule has 0 aliphatic heterocycles. The van der Waals surface area contributed by atoms with Crippen LogP contribution in [0.25, 0.3) is 0 Å². The number of hydrogen-bond acceptors (Lipinski definition) is 4. The highest BCUT2D eigenvalue weighted by atomic mass is 16.5. The van der Waals surface area contributed by atoms with E-state index < -0.39 is 5.97 Å². The van der Waals surface area contributed by atoms with Crippen molar-refractivity contribution in [2.24, 2.45) is 0 Å². The number of methoxy groups -OCH3 is 1. The number of carbonyl (C=O) groups excluding carboxylic acids is 1. The van der Waals surface area contributed by atoms with Gasteiger partial charge in [-0.1, -0.05) is 0 Å². The maximum atomic E-state index is 12.5.